The first-order valence-electron chi connectivity index (χ1n) is 25.4. The Balaban J connectivity index is 2.42. The lowest BCUT2D eigenvalue weighted by molar-refractivity contribution is -0.146. The lowest BCUT2D eigenvalue weighted by Crippen LogP contribution is -2.61. The largest absolute Gasteiger partial charge is 0.508 e. The van der Waals surface area contributed by atoms with Gasteiger partial charge in [0.15, 0.2) is 6.04 Å². The van der Waals surface area contributed by atoms with Gasteiger partial charge in [-0.2, -0.15) is 0 Å². The quantitative estimate of drug-likeness (QED) is 0.0292. The van der Waals surface area contributed by atoms with Gasteiger partial charge in [-0.1, -0.05) is 39.8 Å². The van der Waals surface area contributed by atoms with Crippen molar-refractivity contribution in [1.82, 2.24) is 42.1 Å². The number of nitrogens with zero attached hydrogens (tertiary/aromatic N) is 1. The predicted octanol–water partition coefficient (Wildman–Crippen LogP) is -4.05. The van der Waals surface area contributed by atoms with Gasteiger partial charge < -0.3 is 85.5 Å². The van der Waals surface area contributed by atoms with E-state index in [4.69, 9.17) is 22.9 Å². The van der Waals surface area contributed by atoms with Crippen LogP contribution in [0.2, 0.25) is 0 Å². The number of primary amides is 2. The summed E-state index contributed by atoms with van der Waals surface area (Å²) >= 11 is 0. The summed E-state index contributed by atoms with van der Waals surface area (Å²) in [5.74, 6) is -13.2. The molecule has 1 heterocycles. The number of amides is 10. The molecule has 1 saturated heterocycles. The summed E-state index contributed by atoms with van der Waals surface area (Å²) in [4.78, 5) is 159. The van der Waals surface area contributed by atoms with Crippen LogP contribution in [0, 0.1) is 11.8 Å². The van der Waals surface area contributed by atoms with Crippen molar-refractivity contribution in [3.05, 3.63) is 29.8 Å². The van der Waals surface area contributed by atoms with Gasteiger partial charge in [-0.05, 0) is 94.4 Å². The molecule has 1 aromatic rings. The number of carboxylic acid groups (broad SMARTS) is 2. The summed E-state index contributed by atoms with van der Waals surface area (Å²) < 4.78 is 0. The second kappa shape index (κ2) is 32.2. The normalized spacial score (nSPS) is 16.7. The number of aromatic hydroxyl groups is 1. The average Bonchev–Trinajstić information content (AvgIpc) is 3.84. The maximum absolute atomic E-state index is 14.4. The first-order valence-corrected chi connectivity index (χ1v) is 25.4. The summed E-state index contributed by atoms with van der Waals surface area (Å²) in [6.45, 7) is 8.06. The highest BCUT2D eigenvalue weighted by atomic mass is 16.4. The third-order valence-corrected chi connectivity index (χ3v) is 12.4. The average molecular weight is 1090 g/mol. The van der Waals surface area contributed by atoms with Crippen LogP contribution in [0.4, 0.5) is 0 Å². The fourth-order valence-corrected chi connectivity index (χ4v) is 8.21. The number of aliphatic carboxylic acids is 2. The molecule has 10 atom stereocenters. The number of hydrogen-bond donors (Lipinski definition) is 15. The molecule has 28 nitrogen and oxygen atoms in total. The van der Waals surface area contributed by atoms with Crippen LogP contribution < -0.4 is 60.2 Å². The van der Waals surface area contributed by atoms with E-state index >= 15 is 0 Å². The zero-order chi connectivity index (χ0) is 58.3. The molecule has 10 amide bonds. The van der Waals surface area contributed by atoms with Crippen molar-refractivity contribution in [2.24, 2.45) is 34.8 Å². The van der Waals surface area contributed by atoms with Gasteiger partial charge in [0, 0.05) is 25.8 Å². The number of aliphatic hydroxyl groups is 1. The van der Waals surface area contributed by atoms with E-state index in [0.717, 1.165) is 6.92 Å². The van der Waals surface area contributed by atoms with Gasteiger partial charge in [0.25, 0.3) is 0 Å². The first kappa shape index (κ1) is 65.7. The smallest absolute Gasteiger partial charge is 0.328 e. The number of carboxylic acids is 2. The summed E-state index contributed by atoms with van der Waals surface area (Å²) in [5, 5.41) is 56.0. The fourth-order valence-electron chi connectivity index (χ4n) is 8.21. The zero-order valence-corrected chi connectivity index (χ0v) is 44.1. The van der Waals surface area contributed by atoms with Crippen molar-refractivity contribution in [3.63, 3.8) is 0 Å². The van der Waals surface area contributed by atoms with Crippen LogP contribution >= 0.6 is 0 Å². The Labute approximate surface area is 445 Å². The van der Waals surface area contributed by atoms with Crippen LogP contribution in [0.1, 0.15) is 111 Å². The number of unbranched alkanes of at least 4 members (excludes halogenated alkanes) is 1. The number of phenols is 1. The Morgan fingerprint density at radius 2 is 1.14 bits per heavy atom. The molecular weight excluding hydrogens is 1010 g/mol. The number of hydrogen-bond acceptors (Lipinski definition) is 16. The van der Waals surface area contributed by atoms with E-state index in [1.807, 2.05) is 13.8 Å². The molecule has 28 heteroatoms. The molecule has 1 fully saturated rings. The van der Waals surface area contributed by atoms with Gasteiger partial charge in [0.1, 0.15) is 48.0 Å². The number of likely N-dealkylation sites (tertiary alicyclic amines) is 1. The number of nitrogens with one attached hydrogen (secondary N) is 7. The fraction of sp³-hybridized carbons (Fsp3) is 0.633. The Morgan fingerprint density at radius 3 is 1.65 bits per heavy atom. The Morgan fingerprint density at radius 1 is 0.636 bits per heavy atom. The van der Waals surface area contributed by atoms with Crippen molar-refractivity contribution < 1.29 is 78.0 Å². The molecule has 0 aliphatic carbocycles. The third-order valence-electron chi connectivity index (χ3n) is 12.4. The zero-order valence-electron chi connectivity index (χ0n) is 44.1. The predicted molar refractivity (Wildman–Crippen MR) is 274 cm³/mol. The van der Waals surface area contributed by atoms with E-state index < -0.39 is 157 Å². The molecule has 2 rings (SSSR count). The second-order valence-corrected chi connectivity index (χ2v) is 19.8. The Bertz CT molecular complexity index is 2250. The Kier molecular flexibility index (Phi) is 27.5. The number of carbonyl (C=O) groups is 12. The number of rotatable bonds is 34. The highest BCUT2D eigenvalue weighted by molar-refractivity contribution is 5.99. The van der Waals surface area contributed by atoms with Crippen molar-refractivity contribution in [2.75, 3.05) is 13.1 Å². The summed E-state index contributed by atoms with van der Waals surface area (Å²) in [7, 11) is 0. The van der Waals surface area contributed by atoms with Crippen molar-refractivity contribution >= 4 is 71.0 Å². The lowest BCUT2D eigenvalue weighted by Gasteiger charge is -2.32. The standard InChI is InChI=1S/C49H78N12O16/c1-24(2)21-29(51)41(68)54-31(15-17-36(52)64)43(70)57-34(23-37(53)65)45(72)55-30(9-6-7-19-50)42(69)56-32(16-18-38(66)67)44(71)59-39(25(3)4)48(75)61-20-8-10-35(61)47(74)58-33(22-27-11-13-28(63)14-12-27)46(73)60-40(26(5)62)49(76)77/h11-14,24-26,29-35,39-40,62-63H,6-10,15-23,50-51H2,1-5H3,(H2,52,64)(H2,53,65)(H,54,68)(H,55,72)(H,56,69)(H,57,70)(H,58,74)(H,59,71)(H,60,73)(H,66,67)(H,76,77)/t26-,29+,30+,31+,32+,33+,34+,35+,39+,40+/m1/s1. The maximum atomic E-state index is 14.4. The molecule has 0 saturated carbocycles. The molecule has 0 bridgehead atoms. The Hall–Kier alpha value is -7.46. The third kappa shape index (κ3) is 22.7. The monoisotopic (exact) mass is 1090 g/mol. The minimum atomic E-state index is -1.77. The number of nitrogens with two attached hydrogens (primary N) is 4. The van der Waals surface area contributed by atoms with E-state index in [-0.39, 0.29) is 69.7 Å². The molecule has 0 radical (unpaired) electrons. The SMILES string of the molecule is CC(C)C[C@H](N)C(=O)N[C@@H](CCC(N)=O)C(=O)N[C@@H](CC(N)=O)C(=O)N[C@@H](CCCCN)C(=O)N[C@@H](CCC(=O)O)C(=O)N[C@H](C(=O)N1CCC[C@H]1C(=O)N[C@@H](Cc1ccc(O)cc1)C(=O)N[C@H](C(=O)O)[C@@H](C)O)C(C)C. The van der Waals surface area contributed by atoms with Gasteiger partial charge in [-0.25, -0.2) is 4.79 Å². The van der Waals surface area contributed by atoms with Crippen molar-refractivity contribution in [1.29, 1.82) is 0 Å². The molecule has 0 aromatic heterocycles. The van der Waals surface area contributed by atoms with Crippen LogP contribution in [0.5, 0.6) is 5.75 Å². The van der Waals surface area contributed by atoms with Crippen molar-refractivity contribution in [3.8, 4) is 5.75 Å². The summed E-state index contributed by atoms with van der Waals surface area (Å²) in [6, 6.07) is -7.76. The first-order chi connectivity index (χ1) is 36.1. The van der Waals surface area contributed by atoms with Gasteiger partial charge in [0.2, 0.25) is 59.1 Å². The number of aliphatic hydroxyl groups excluding tert-OH is 1. The molecule has 430 valence electrons. The minimum Gasteiger partial charge on any atom is -0.508 e. The summed E-state index contributed by atoms with van der Waals surface area (Å²) in [6.07, 6.45) is -3.50. The summed E-state index contributed by atoms with van der Waals surface area (Å²) in [5.41, 5.74) is 22.8. The number of phenolic OH excluding ortho intramolecular Hbond substituents is 1. The maximum Gasteiger partial charge on any atom is 0.328 e. The second-order valence-electron chi connectivity index (χ2n) is 19.8. The molecule has 1 aromatic carbocycles. The van der Waals surface area contributed by atoms with E-state index in [2.05, 4.69) is 37.2 Å². The molecule has 0 spiro atoms. The molecular formula is C49H78N12O16. The highest BCUT2D eigenvalue weighted by Crippen LogP contribution is 2.22. The van der Waals surface area contributed by atoms with Crippen LogP contribution in [0.25, 0.3) is 0 Å². The highest BCUT2D eigenvalue weighted by Gasteiger charge is 2.41. The molecule has 77 heavy (non-hydrogen) atoms. The van der Waals surface area contributed by atoms with Gasteiger partial charge in [-0.15, -0.1) is 0 Å². The van der Waals surface area contributed by atoms with Crippen LogP contribution in [0.3, 0.4) is 0 Å². The number of carbonyl (C=O) groups excluding carboxylic acids is 10. The van der Waals surface area contributed by atoms with E-state index in [0.29, 0.717) is 18.4 Å². The molecule has 1 aliphatic heterocycles. The van der Waals surface area contributed by atoms with Crippen LogP contribution in [0.15, 0.2) is 24.3 Å². The minimum absolute atomic E-state index is 0.00361. The van der Waals surface area contributed by atoms with Gasteiger partial charge >= 0.3 is 11.9 Å². The molecule has 1 aliphatic rings. The topological polar surface area (TPSA) is 477 Å². The van der Waals surface area contributed by atoms with E-state index in [1.54, 1.807) is 13.8 Å². The van der Waals surface area contributed by atoms with Crippen molar-refractivity contribution in [2.45, 2.75) is 172 Å². The van der Waals surface area contributed by atoms with Gasteiger partial charge in [0.05, 0.1) is 18.6 Å². The lowest BCUT2D eigenvalue weighted by atomic mass is 10.00. The van der Waals surface area contributed by atoms with Gasteiger partial charge in [-0.3, -0.25) is 52.7 Å². The number of benzene rings is 1. The van der Waals surface area contributed by atoms with Crippen LogP contribution in [-0.2, 0) is 64.0 Å². The van der Waals surface area contributed by atoms with E-state index in [1.165, 1.54) is 29.2 Å². The van der Waals surface area contributed by atoms with E-state index in [9.17, 15) is 78.0 Å². The van der Waals surface area contributed by atoms with Crippen LogP contribution in [-0.4, -0.2) is 170 Å². The molecule has 19 N–H and O–H groups in total. The molecule has 0 unspecified atom stereocenters.